The molecule has 1 saturated heterocycles. The largest absolute Gasteiger partial charge is 0.387 e. The minimum Gasteiger partial charge on any atom is -0.387 e. The Morgan fingerprint density at radius 2 is 2.12 bits per heavy atom. The lowest BCUT2D eigenvalue weighted by Gasteiger charge is -2.20. The van der Waals surface area contributed by atoms with Crippen LogP contribution >= 0.6 is 0 Å². The monoisotopic (exact) mass is 334 g/mol. The number of ether oxygens (including phenoxy) is 1. The number of aliphatic hydroxyl groups excluding tert-OH is 3. The normalized spacial score (nSPS) is 28.7. The van der Waals surface area contributed by atoms with Crippen LogP contribution < -0.4 is 11.2 Å². The van der Waals surface area contributed by atoms with Crippen molar-refractivity contribution in [3.63, 3.8) is 0 Å². The van der Waals surface area contributed by atoms with Gasteiger partial charge in [0.05, 0.1) is 0 Å². The van der Waals surface area contributed by atoms with Crippen LogP contribution in [0.15, 0.2) is 35.5 Å². The van der Waals surface area contributed by atoms with Gasteiger partial charge in [0.25, 0.3) is 0 Å². The van der Waals surface area contributed by atoms with Crippen LogP contribution in [0, 0.1) is 0 Å². The van der Waals surface area contributed by atoms with Crippen molar-refractivity contribution in [3.05, 3.63) is 41.0 Å². The number of hydrogen-bond acceptors (Lipinski definition) is 8. The second-order valence-corrected chi connectivity index (χ2v) is 5.53. The highest BCUT2D eigenvalue weighted by molar-refractivity contribution is 5.84. The smallest absolute Gasteiger partial charge is 0.194 e. The Bertz CT molecular complexity index is 836. The summed E-state index contributed by atoms with van der Waals surface area (Å²) < 4.78 is 7.03. The van der Waals surface area contributed by atoms with Gasteiger partial charge in [0.2, 0.25) is 0 Å². The van der Waals surface area contributed by atoms with E-state index >= 15 is 0 Å². The second-order valence-electron chi connectivity index (χ2n) is 5.53. The van der Waals surface area contributed by atoms with Gasteiger partial charge < -0.3 is 30.4 Å². The SMILES string of the molecule is CC=CC(O)[C@H]1O[C@@H](n2ccc(=O)c3c(N)ncnc32)[C@H](O)[C@@H]1O. The summed E-state index contributed by atoms with van der Waals surface area (Å²) in [5.74, 6) is 0.0119. The van der Waals surface area contributed by atoms with Crippen LogP contribution in [0.5, 0.6) is 0 Å². The molecule has 0 radical (unpaired) electrons. The van der Waals surface area contributed by atoms with Crippen LogP contribution in [0.1, 0.15) is 13.2 Å². The Labute approximate surface area is 136 Å². The van der Waals surface area contributed by atoms with E-state index in [0.29, 0.717) is 0 Å². The number of allylic oxidation sites excluding steroid dienone is 1. The zero-order chi connectivity index (χ0) is 17.4. The number of fused-ring (bicyclic) bond motifs is 1. The van der Waals surface area contributed by atoms with E-state index in [1.54, 1.807) is 13.0 Å². The molecule has 9 nitrogen and oxygen atoms in total. The van der Waals surface area contributed by atoms with Gasteiger partial charge >= 0.3 is 0 Å². The predicted octanol–water partition coefficient (Wildman–Crippen LogP) is -1.07. The quantitative estimate of drug-likeness (QED) is 0.519. The molecule has 0 aromatic carbocycles. The van der Waals surface area contributed by atoms with Gasteiger partial charge in [0.15, 0.2) is 17.3 Å². The number of nitrogens with zero attached hydrogens (tertiary/aromatic N) is 3. The average Bonchev–Trinajstić information content (AvgIpc) is 2.84. The molecule has 5 atom stereocenters. The number of nitrogens with two attached hydrogens (primary N) is 1. The fourth-order valence-corrected chi connectivity index (χ4v) is 2.83. The van der Waals surface area contributed by atoms with Gasteiger partial charge in [0, 0.05) is 12.3 Å². The topological polar surface area (TPSA) is 144 Å². The summed E-state index contributed by atoms with van der Waals surface area (Å²) in [7, 11) is 0. The molecule has 2 aromatic rings. The summed E-state index contributed by atoms with van der Waals surface area (Å²) in [4.78, 5) is 19.8. The van der Waals surface area contributed by atoms with Crippen molar-refractivity contribution in [1.82, 2.24) is 14.5 Å². The molecule has 5 N–H and O–H groups in total. The minimum atomic E-state index is -1.32. The Morgan fingerprint density at radius 3 is 2.83 bits per heavy atom. The number of hydrogen-bond donors (Lipinski definition) is 4. The molecule has 1 aliphatic rings. The van der Waals surface area contributed by atoms with Crippen molar-refractivity contribution in [2.24, 2.45) is 0 Å². The van der Waals surface area contributed by atoms with Gasteiger partial charge in [-0.3, -0.25) is 4.79 Å². The van der Waals surface area contributed by atoms with Crippen LogP contribution in [0.4, 0.5) is 5.82 Å². The van der Waals surface area contributed by atoms with E-state index in [9.17, 15) is 20.1 Å². The van der Waals surface area contributed by atoms with Gasteiger partial charge in [-0.2, -0.15) is 0 Å². The van der Waals surface area contributed by atoms with Crippen molar-refractivity contribution >= 4 is 16.9 Å². The summed E-state index contributed by atoms with van der Waals surface area (Å²) in [6, 6.07) is 1.25. The van der Waals surface area contributed by atoms with Crippen LogP contribution in [0.3, 0.4) is 0 Å². The van der Waals surface area contributed by atoms with Crippen molar-refractivity contribution in [1.29, 1.82) is 0 Å². The molecule has 0 saturated carbocycles. The Morgan fingerprint density at radius 1 is 1.38 bits per heavy atom. The van der Waals surface area contributed by atoms with E-state index in [4.69, 9.17) is 10.5 Å². The summed E-state index contributed by atoms with van der Waals surface area (Å²) in [5.41, 5.74) is 5.55. The average molecular weight is 334 g/mol. The third-order valence-electron chi connectivity index (χ3n) is 4.01. The maximum atomic E-state index is 12.0. The maximum absolute atomic E-state index is 12.0. The molecule has 3 heterocycles. The van der Waals surface area contributed by atoms with E-state index < -0.39 is 30.6 Å². The first-order chi connectivity index (χ1) is 11.5. The molecule has 2 aromatic heterocycles. The van der Waals surface area contributed by atoms with E-state index in [1.807, 2.05) is 0 Å². The van der Waals surface area contributed by atoms with Crippen molar-refractivity contribution in [2.75, 3.05) is 5.73 Å². The molecule has 1 aliphatic heterocycles. The fraction of sp³-hybridized carbons (Fsp3) is 0.400. The summed E-state index contributed by atoms with van der Waals surface area (Å²) in [6.45, 7) is 1.72. The lowest BCUT2D eigenvalue weighted by molar-refractivity contribution is -0.0698. The first-order valence-electron chi connectivity index (χ1n) is 7.39. The highest BCUT2D eigenvalue weighted by Gasteiger charge is 2.46. The predicted molar refractivity (Wildman–Crippen MR) is 85.0 cm³/mol. The summed E-state index contributed by atoms with van der Waals surface area (Å²) in [6.07, 6.45) is -0.131. The lowest BCUT2D eigenvalue weighted by Crippen LogP contribution is -2.37. The highest BCUT2D eigenvalue weighted by atomic mass is 16.6. The third kappa shape index (κ3) is 2.57. The maximum Gasteiger partial charge on any atom is 0.194 e. The Kier molecular flexibility index (Phi) is 4.33. The number of aromatic nitrogens is 3. The zero-order valence-electron chi connectivity index (χ0n) is 12.9. The zero-order valence-corrected chi connectivity index (χ0v) is 12.9. The van der Waals surface area contributed by atoms with Crippen LogP contribution in [0.2, 0.25) is 0 Å². The molecular formula is C15H18N4O5. The second kappa shape index (κ2) is 6.29. The van der Waals surface area contributed by atoms with Gasteiger partial charge in [-0.1, -0.05) is 12.2 Å². The summed E-state index contributed by atoms with van der Waals surface area (Å²) >= 11 is 0. The van der Waals surface area contributed by atoms with E-state index in [2.05, 4.69) is 9.97 Å². The van der Waals surface area contributed by atoms with E-state index in [-0.39, 0.29) is 22.3 Å². The molecular weight excluding hydrogens is 316 g/mol. The molecule has 3 rings (SSSR count). The van der Waals surface area contributed by atoms with Gasteiger partial charge in [-0.25, -0.2) is 9.97 Å². The Balaban J connectivity index is 2.07. The number of anilines is 1. The van der Waals surface area contributed by atoms with Crippen molar-refractivity contribution in [3.8, 4) is 0 Å². The third-order valence-corrected chi connectivity index (χ3v) is 4.01. The molecule has 0 aliphatic carbocycles. The van der Waals surface area contributed by atoms with Gasteiger partial charge in [0.1, 0.15) is 41.9 Å². The minimum absolute atomic E-state index is 0.0119. The number of nitrogen functional groups attached to an aromatic ring is 1. The van der Waals surface area contributed by atoms with E-state index in [1.165, 1.54) is 29.2 Å². The molecule has 0 bridgehead atoms. The van der Waals surface area contributed by atoms with Crippen molar-refractivity contribution < 1.29 is 20.1 Å². The van der Waals surface area contributed by atoms with Crippen LogP contribution in [-0.2, 0) is 4.74 Å². The first kappa shape index (κ1) is 16.5. The number of rotatable bonds is 3. The van der Waals surface area contributed by atoms with Gasteiger partial charge in [-0.15, -0.1) is 0 Å². The van der Waals surface area contributed by atoms with Crippen LogP contribution in [-0.4, -0.2) is 54.3 Å². The van der Waals surface area contributed by atoms with Crippen molar-refractivity contribution in [2.45, 2.75) is 37.6 Å². The molecule has 1 unspecified atom stereocenters. The fourth-order valence-electron chi connectivity index (χ4n) is 2.83. The van der Waals surface area contributed by atoms with Crippen LogP contribution in [0.25, 0.3) is 11.0 Å². The molecule has 0 amide bonds. The van der Waals surface area contributed by atoms with E-state index in [0.717, 1.165) is 0 Å². The number of aliphatic hydroxyl groups is 3. The lowest BCUT2D eigenvalue weighted by atomic mass is 10.1. The standard InChI is InChI=1S/C15H18N4O5/c1-2-3-8(21)12-10(22)11(23)15(24-12)19-5-4-7(20)9-13(16)17-6-18-14(9)19/h2-6,8,10-12,15,21-23H,1H3,(H2,16,17,18)/t8?,10-,11+,12+,15+/m0/s1. The van der Waals surface area contributed by atoms with Gasteiger partial charge in [-0.05, 0) is 6.92 Å². The number of pyridine rings is 1. The molecule has 9 heteroatoms. The first-order valence-corrected chi connectivity index (χ1v) is 7.39. The molecule has 1 fully saturated rings. The highest BCUT2D eigenvalue weighted by Crippen LogP contribution is 2.32. The molecule has 0 spiro atoms. The molecule has 128 valence electrons. The summed E-state index contributed by atoms with van der Waals surface area (Å²) in [5, 5.41) is 30.6. The Hall–Kier alpha value is -2.33. The molecule has 24 heavy (non-hydrogen) atoms.